The standard InChI is InChI=1S/C51H33N3/c1-2-13-34(14-3-1)44-31-32-45(47-24-9-8-23-46(44)47)39-19-10-20-40(33-39)50-52-49(53-51(54-50)48-26-12-18-36-16-5-7-22-43(36)48)38-29-27-37(28-30-38)42-25-11-17-35-15-4-6-21-41(35)42/h1-33H. The van der Waals surface area contributed by atoms with Crippen LogP contribution in [0.25, 0.3) is 99.9 Å². The third-order valence-electron chi connectivity index (χ3n) is 10.4. The van der Waals surface area contributed by atoms with E-state index in [0.29, 0.717) is 17.5 Å². The fraction of sp³-hybridized carbons (Fsp3) is 0. The van der Waals surface area contributed by atoms with Gasteiger partial charge >= 0.3 is 0 Å². The molecule has 0 spiro atoms. The highest BCUT2D eigenvalue weighted by Gasteiger charge is 2.16. The normalized spacial score (nSPS) is 11.3. The van der Waals surface area contributed by atoms with Crippen LogP contribution in [0.3, 0.4) is 0 Å². The molecule has 0 unspecified atom stereocenters. The first-order chi connectivity index (χ1) is 26.8. The van der Waals surface area contributed by atoms with Gasteiger partial charge in [0.05, 0.1) is 0 Å². The van der Waals surface area contributed by atoms with E-state index in [1.807, 2.05) is 0 Å². The summed E-state index contributed by atoms with van der Waals surface area (Å²) in [7, 11) is 0. The first-order valence-corrected chi connectivity index (χ1v) is 18.3. The van der Waals surface area contributed by atoms with Crippen molar-refractivity contribution in [1.29, 1.82) is 0 Å². The number of benzene rings is 9. The Balaban J connectivity index is 1.11. The lowest BCUT2D eigenvalue weighted by Crippen LogP contribution is -2.00. The minimum Gasteiger partial charge on any atom is -0.208 e. The lowest BCUT2D eigenvalue weighted by Gasteiger charge is -2.14. The Morgan fingerprint density at radius 2 is 0.630 bits per heavy atom. The van der Waals surface area contributed by atoms with E-state index in [-0.39, 0.29) is 0 Å². The van der Waals surface area contributed by atoms with Crippen LogP contribution in [0.4, 0.5) is 0 Å². The van der Waals surface area contributed by atoms with Crippen LogP contribution < -0.4 is 0 Å². The molecule has 0 amide bonds. The summed E-state index contributed by atoms with van der Waals surface area (Å²) in [6, 6.07) is 70.6. The molecule has 0 aliphatic heterocycles. The van der Waals surface area contributed by atoms with Crippen LogP contribution in [0.1, 0.15) is 0 Å². The average Bonchev–Trinajstić information content (AvgIpc) is 3.26. The van der Waals surface area contributed by atoms with Crippen LogP contribution in [0, 0.1) is 0 Å². The Morgan fingerprint density at radius 1 is 0.222 bits per heavy atom. The Labute approximate surface area is 313 Å². The minimum absolute atomic E-state index is 0.633. The summed E-state index contributed by atoms with van der Waals surface area (Å²) in [6.07, 6.45) is 0. The van der Waals surface area contributed by atoms with Crippen molar-refractivity contribution >= 4 is 32.3 Å². The van der Waals surface area contributed by atoms with E-state index in [2.05, 4.69) is 200 Å². The van der Waals surface area contributed by atoms with Gasteiger partial charge in [-0.15, -0.1) is 0 Å². The molecule has 0 aliphatic rings. The molecule has 0 radical (unpaired) electrons. The van der Waals surface area contributed by atoms with E-state index in [9.17, 15) is 0 Å². The highest BCUT2D eigenvalue weighted by Crippen LogP contribution is 2.38. The van der Waals surface area contributed by atoms with Gasteiger partial charge in [0, 0.05) is 16.7 Å². The molecular formula is C51H33N3. The fourth-order valence-electron chi connectivity index (χ4n) is 7.70. The Hall–Kier alpha value is -7.23. The van der Waals surface area contributed by atoms with Crippen molar-refractivity contribution in [3.63, 3.8) is 0 Å². The molecule has 0 atom stereocenters. The summed E-state index contributed by atoms with van der Waals surface area (Å²) in [6.45, 7) is 0. The molecule has 0 fully saturated rings. The summed E-state index contributed by atoms with van der Waals surface area (Å²) in [5, 5.41) is 7.13. The molecule has 1 heterocycles. The molecular weight excluding hydrogens is 655 g/mol. The average molecular weight is 688 g/mol. The zero-order valence-corrected chi connectivity index (χ0v) is 29.4. The van der Waals surface area contributed by atoms with E-state index in [1.165, 1.54) is 43.8 Å². The van der Waals surface area contributed by atoms with Gasteiger partial charge in [-0.25, -0.2) is 15.0 Å². The molecule has 10 aromatic rings. The number of hydrogen-bond donors (Lipinski definition) is 0. The zero-order valence-electron chi connectivity index (χ0n) is 29.4. The quantitative estimate of drug-likeness (QED) is 0.175. The van der Waals surface area contributed by atoms with Crippen LogP contribution in [0.15, 0.2) is 200 Å². The second-order valence-corrected chi connectivity index (χ2v) is 13.6. The number of aromatic nitrogens is 3. The van der Waals surface area contributed by atoms with Crippen LogP contribution in [0.2, 0.25) is 0 Å². The second kappa shape index (κ2) is 13.4. The summed E-state index contributed by atoms with van der Waals surface area (Å²) < 4.78 is 0. The van der Waals surface area contributed by atoms with Crippen molar-refractivity contribution in [3.8, 4) is 67.5 Å². The van der Waals surface area contributed by atoms with E-state index < -0.39 is 0 Å². The fourth-order valence-corrected chi connectivity index (χ4v) is 7.70. The number of nitrogens with zero attached hydrogens (tertiary/aromatic N) is 3. The van der Waals surface area contributed by atoms with Crippen molar-refractivity contribution in [2.45, 2.75) is 0 Å². The molecule has 252 valence electrons. The summed E-state index contributed by atoms with van der Waals surface area (Å²) in [5.41, 5.74) is 9.90. The Kier molecular flexibility index (Phi) is 7.81. The number of fused-ring (bicyclic) bond motifs is 3. The van der Waals surface area contributed by atoms with Gasteiger partial charge in [0.2, 0.25) is 0 Å². The third kappa shape index (κ3) is 5.69. The van der Waals surface area contributed by atoms with Crippen LogP contribution in [0.5, 0.6) is 0 Å². The maximum atomic E-state index is 5.18. The van der Waals surface area contributed by atoms with Crippen LogP contribution in [-0.2, 0) is 0 Å². The van der Waals surface area contributed by atoms with E-state index in [4.69, 9.17) is 15.0 Å². The minimum atomic E-state index is 0.633. The monoisotopic (exact) mass is 687 g/mol. The predicted molar refractivity (Wildman–Crippen MR) is 225 cm³/mol. The molecule has 0 N–H and O–H groups in total. The molecule has 54 heavy (non-hydrogen) atoms. The van der Waals surface area contributed by atoms with Crippen molar-refractivity contribution in [3.05, 3.63) is 200 Å². The first kappa shape index (κ1) is 31.5. The zero-order chi connectivity index (χ0) is 35.8. The van der Waals surface area contributed by atoms with Crippen molar-refractivity contribution in [2.75, 3.05) is 0 Å². The highest BCUT2D eigenvalue weighted by atomic mass is 15.0. The van der Waals surface area contributed by atoms with Crippen molar-refractivity contribution in [1.82, 2.24) is 15.0 Å². The van der Waals surface area contributed by atoms with Gasteiger partial charge in [0.15, 0.2) is 17.5 Å². The maximum absolute atomic E-state index is 5.18. The summed E-state index contributed by atoms with van der Waals surface area (Å²) in [5.74, 6) is 1.91. The lowest BCUT2D eigenvalue weighted by atomic mass is 9.91. The largest absolute Gasteiger partial charge is 0.208 e. The molecule has 10 rings (SSSR count). The van der Waals surface area contributed by atoms with Gasteiger partial charge < -0.3 is 0 Å². The smallest absolute Gasteiger partial charge is 0.164 e. The molecule has 3 heteroatoms. The molecule has 0 aliphatic carbocycles. The van der Waals surface area contributed by atoms with Gasteiger partial charge in [-0.3, -0.25) is 0 Å². The molecule has 0 saturated heterocycles. The number of rotatable bonds is 6. The van der Waals surface area contributed by atoms with Gasteiger partial charge in [-0.1, -0.05) is 194 Å². The van der Waals surface area contributed by atoms with Gasteiger partial charge in [-0.2, -0.15) is 0 Å². The summed E-state index contributed by atoms with van der Waals surface area (Å²) >= 11 is 0. The molecule has 0 bridgehead atoms. The molecule has 9 aromatic carbocycles. The van der Waals surface area contributed by atoms with E-state index >= 15 is 0 Å². The van der Waals surface area contributed by atoms with Gasteiger partial charge in [0.1, 0.15) is 0 Å². The van der Waals surface area contributed by atoms with Crippen molar-refractivity contribution < 1.29 is 0 Å². The molecule has 3 nitrogen and oxygen atoms in total. The topological polar surface area (TPSA) is 38.7 Å². The highest BCUT2D eigenvalue weighted by molar-refractivity contribution is 6.05. The maximum Gasteiger partial charge on any atom is 0.164 e. The lowest BCUT2D eigenvalue weighted by molar-refractivity contribution is 1.08. The van der Waals surface area contributed by atoms with Gasteiger partial charge in [-0.05, 0) is 71.8 Å². The van der Waals surface area contributed by atoms with Gasteiger partial charge in [0.25, 0.3) is 0 Å². The van der Waals surface area contributed by atoms with Crippen LogP contribution in [-0.4, -0.2) is 15.0 Å². The second-order valence-electron chi connectivity index (χ2n) is 13.6. The first-order valence-electron chi connectivity index (χ1n) is 18.3. The molecule has 0 saturated carbocycles. The third-order valence-corrected chi connectivity index (χ3v) is 10.4. The molecule has 1 aromatic heterocycles. The Morgan fingerprint density at radius 3 is 1.31 bits per heavy atom. The Bertz CT molecular complexity index is 2970. The SMILES string of the molecule is c1ccc(-c2ccc(-c3cccc(-c4nc(-c5ccc(-c6cccc7ccccc67)cc5)nc(-c5cccc6ccccc56)n4)c3)c3ccccc23)cc1. The van der Waals surface area contributed by atoms with Crippen molar-refractivity contribution in [2.24, 2.45) is 0 Å². The number of hydrogen-bond acceptors (Lipinski definition) is 3. The van der Waals surface area contributed by atoms with Crippen LogP contribution >= 0.6 is 0 Å². The van der Waals surface area contributed by atoms with E-state index in [0.717, 1.165) is 38.6 Å². The van der Waals surface area contributed by atoms with E-state index in [1.54, 1.807) is 0 Å². The predicted octanol–water partition coefficient (Wildman–Crippen LogP) is 13.3. The summed E-state index contributed by atoms with van der Waals surface area (Å²) in [4.78, 5) is 15.5.